The number of pyridine rings is 1. The van der Waals surface area contributed by atoms with Gasteiger partial charge < -0.3 is 10.2 Å². The fourth-order valence-electron chi connectivity index (χ4n) is 3.37. The lowest BCUT2D eigenvalue weighted by atomic mass is 10.1. The van der Waals surface area contributed by atoms with Crippen LogP contribution in [0.1, 0.15) is 47.4 Å². The van der Waals surface area contributed by atoms with Crippen molar-refractivity contribution in [3.63, 3.8) is 0 Å². The molecule has 0 saturated carbocycles. The molecule has 0 aliphatic carbocycles. The minimum Gasteiger partial charge on any atom is -0.314 e. The molecule has 2 aromatic rings. The molecule has 0 radical (unpaired) electrons. The van der Waals surface area contributed by atoms with Crippen LogP contribution in [0.2, 0.25) is 0 Å². The van der Waals surface area contributed by atoms with E-state index in [0.29, 0.717) is 24.2 Å². The number of halogens is 4. The lowest BCUT2D eigenvalue weighted by molar-refractivity contribution is -0.129. The Morgan fingerprint density at radius 2 is 1.97 bits per heavy atom. The van der Waals surface area contributed by atoms with Gasteiger partial charge in [-0.15, -0.1) is 0 Å². The molecule has 0 unspecified atom stereocenters. The van der Waals surface area contributed by atoms with Gasteiger partial charge in [-0.3, -0.25) is 15.6 Å². The van der Waals surface area contributed by atoms with Crippen LogP contribution >= 0.6 is 11.9 Å². The SMILES string of the molecule is CC(C)N(C=N)C(=N)c1cccc(NC(=O)c2cc3c(cc2F)CN(SCCC(F)(F)F)C3)n1. The number of nitrogens with one attached hydrogen (secondary N) is 3. The fraction of sp³-hybridized carbons (Fsp3) is 0.364. The third-order valence-corrected chi connectivity index (χ3v) is 6.08. The molecule has 1 aromatic carbocycles. The Morgan fingerprint density at radius 3 is 2.59 bits per heavy atom. The largest absolute Gasteiger partial charge is 0.389 e. The molecule has 7 nitrogen and oxygen atoms in total. The topological polar surface area (TPSA) is 96.2 Å². The van der Waals surface area contributed by atoms with Gasteiger partial charge in [0.1, 0.15) is 17.3 Å². The Labute approximate surface area is 198 Å². The van der Waals surface area contributed by atoms with Crippen LogP contribution in [0.15, 0.2) is 30.3 Å². The van der Waals surface area contributed by atoms with Gasteiger partial charge in [-0.1, -0.05) is 18.0 Å². The lowest BCUT2D eigenvalue weighted by Gasteiger charge is -2.23. The summed E-state index contributed by atoms with van der Waals surface area (Å²) in [6.45, 7) is 4.23. The molecule has 0 atom stereocenters. The predicted molar refractivity (Wildman–Crippen MR) is 124 cm³/mol. The minimum absolute atomic E-state index is 0.0204. The van der Waals surface area contributed by atoms with Gasteiger partial charge in [-0.2, -0.15) is 13.2 Å². The zero-order valence-corrected chi connectivity index (χ0v) is 19.4. The van der Waals surface area contributed by atoms with Crippen molar-refractivity contribution >= 4 is 35.8 Å². The highest BCUT2D eigenvalue weighted by Gasteiger charge is 2.29. The summed E-state index contributed by atoms with van der Waals surface area (Å²) in [6, 6.07) is 7.16. The van der Waals surface area contributed by atoms with Crippen molar-refractivity contribution in [1.82, 2.24) is 14.2 Å². The Hall–Kier alpha value is -2.99. The average molecular weight is 497 g/mol. The molecule has 34 heavy (non-hydrogen) atoms. The molecule has 1 aromatic heterocycles. The number of nitrogens with zero attached hydrogens (tertiary/aromatic N) is 3. The van der Waals surface area contributed by atoms with Crippen molar-refractivity contribution < 1.29 is 22.4 Å². The first-order chi connectivity index (χ1) is 16.0. The summed E-state index contributed by atoms with van der Waals surface area (Å²) in [4.78, 5) is 18.4. The van der Waals surface area contributed by atoms with E-state index in [9.17, 15) is 22.4 Å². The third kappa shape index (κ3) is 6.32. The number of amidine groups is 1. The molecule has 0 spiro atoms. The Kier molecular flexibility index (Phi) is 7.93. The second kappa shape index (κ2) is 10.5. The van der Waals surface area contributed by atoms with Gasteiger partial charge in [-0.25, -0.2) is 13.7 Å². The van der Waals surface area contributed by atoms with Crippen LogP contribution in [0.3, 0.4) is 0 Å². The number of alkyl halides is 3. The maximum Gasteiger partial charge on any atom is 0.389 e. The summed E-state index contributed by atoms with van der Waals surface area (Å²) >= 11 is 1.04. The monoisotopic (exact) mass is 496 g/mol. The number of hydrogen-bond acceptors (Lipinski definition) is 6. The lowest BCUT2D eigenvalue weighted by Crippen LogP contribution is -2.36. The summed E-state index contributed by atoms with van der Waals surface area (Å²) in [7, 11) is 0. The zero-order chi connectivity index (χ0) is 25.0. The minimum atomic E-state index is -4.23. The highest BCUT2D eigenvalue weighted by Crippen LogP contribution is 2.32. The third-order valence-electron chi connectivity index (χ3n) is 5.07. The number of hydrogen-bond donors (Lipinski definition) is 3. The van der Waals surface area contributed by atoms with Crippen molar-refractivity contribution in [3.8, 4) is 0 Å². The summed E-state index contributed by atoms with van der Waals surface area (Å²) in [5, 5.41) is 18.3. The van der Waals surface area contributed by atoms with E-state index >= 15 is 0 Å². The second-order valence-electron chi connectivity index (χ2n) is 7.94. The molecule has 3 rings (SSSR count). The van der Waals surface area contributed by atoms with E-state index in [0.717, 1.165) is 18.3 Å². The van der Waals surface area contributed by atoms with E-state index in [4.69, 9.17) is 10.8 Å². The first kappa shape index (κ1) is 25.6. The molecule has 1 aliphatic heterocycles. The number of benzene rings is 1. The second-order valence-corrected chi connectivity index (χ2v) is 9.12. The van der Waals surface area contributed by atoms with E-state index in [1.54, 1.807) is 16.4 Å². The number of carbonyl (C=O) groups is 1. The quantitative estimate of drug-likeness (QED) is 0.206. The number of aromatic nitrogens is 1. The van der Waals surface area contributed by atoms with Crippen LogP contribution in [-0.2, 0) is 13.1 Å². The number of fused-ring (bicyclic) bond motifs is 1. The standard InChI is InChI=1S/C22H24F4N6OS/c1-13(2)32(12-27)20(28)18-4-3-5-19(29-18)30-21(33)16-8-14-10-31(11-15(14)9-17(16)23)34-7-6-22(24,25)26/h3-5,8-9,12-13,27-28H,6-7,10-11H2,1-2H3,(H,29,30,33). The highest BCUT2D eigenvalue weighted by atomic mass is 32.2. The van der Waals surface area contributed by atoms with Gasteiger partial charge in [0.25, 0.3) is 5.91 Å². The molecular formula is C22H24F4N6OS. The molecule has 12 heteroatoms. The number of rotatable bonds is 8. The number of carbonyl (C=O) groups excluding carboxylic acids is 1. The van der Waals surface area contributed by atoms with E-state index in [2.05, 4.69) is 10.3 Å². The molecule has 3 N–H and O–H groups in total. The average Bonchev–Trinajstić information content (AvgIpc) is 3.13. The van der Waals surface area contributed by atoms with Crippen molar-refractivity contribution in [2.24, 2.45) is 0 Å². The van der Waals surface area contributed by atoms with Crippen molar-refractivity contribution in [2.45, 2.75) is 45.6 Å². The van der Waals surface area contributed by atoms with Gasteiger partial charge in [0.05, 0.1) is 18.3 Å². The van der Waals surface area contributed by atoms with Gasteiger partial charge in [0, 0.05) is 24.9 Å². The first-order valence-corrected chi connectivity index (χ1v) is 11.3. The van der Waals surface area contributed by atoms with Crippen LogP contribution in [-0.4, -0.2) is 50.2 Å². The molecule has 182 valence electrons. The van der Waals surface area contributed by atoms with Gasteiger partial charge >= 0.3 is 6.18 Å². The molecule has 0 fully saturated rings. The predicted octanol–water partition coefficient (Wildman–Crippen LogP) is 5.03. The fourth-order valence-corrected chi connectivity index (χ4v) is 4.41. The molecule has 1 aliphatic rings. The smallest absolute Gasteiger partial charge is 0.314 e. The Balaban J connectivity index is 1.70. The maximum absolute atomic E-state index is 14.7. The molecule has 0 bridgehead atoms. The van der Waals surface area contributed by atoms with Gasteiger partial charge in [-0.05, 0) is 49.2 Å². The van der Waals surface area contributed by atoms with Crippen molar-refractivity contribution in [1.29, 1.82) is 10.8 Å². The summed E-state index contributed by atoms with van der Waals surface area (Å²) in [5.41, 5.74) is 1.33. The van der Waals surface area contributed by atoms with E-state index < -0.39 is 24.3 Å². The number of amides is 1. The van der Waals surface area contributed by atoms with E-state index in [1.807, 2.05) is 13.8 Å². The summed E-state index contributed by atoms with van der Waals surface area (Å²) < 4.78 is 53.5. The first-order valence-electron chi connectivity index (χ1n) is 10.4. The van der Waals surface area contributed by atoms with Crippen molar-refractivity contribution in [2.75, 3.05) is 11.1 Å². The van der Waals surface area contributed by atoms with E-state index in [-0.39, 0.29) is 34.7 Å². The summed E-state index contributed by atoms with van der Waals surface area (Å²) in [5.74, 6) is -1.50. The Bertz CT molecular complexity index is 1090. The maximum atomic E-state index is 14.7. The van der Waals surface area contributed by atoms with Crippen LogP contribution < -0.4 is 5.32 Å². The molecular weight excluding hydrogens is 472 g/mol. The van der Waals surface area contributed by atoms with Crippen molar-refractivity contribution in [3.05, 3.63) is 58.5 Å². The van der Waals surface area contributed by atoms with E-state index in [1.165, 1.54) is 23.1 Å². The van der Waals surface area contributed by atoms with Crippen LogP contribution in [0, 0.1) is 16.6 Å². The Morgan fingerprint density at radius 1 is 1.29 bits per heavy atom. The van der Waals surface area contributed by atoms with Gasteiger partial charge in [0.2, 0.25) is 0 Å². The molecule has 0 saturated heterocycles. The highest BCUT2D eigenvalue weighted by molar-refractivity contribution is 7.96. The number of anilines is 1. The van der Waals surface area contributed by atoms with Crippen LogP contribution in [0.25, 0.3) is 0 Å². The molecule has 1 amide bonds. The molecule has 2 heterocycles. The summed E-state index contributed by atoms with van der Waals surface area (Å²) in [6.07, 6.45) is -4.12. The normalized spacial score (nSPS) is 13.6. The zero-order valence-electron chi connectivity index (χ0n) is 18.5. The van der Waals surface area contributed by atoms with Crippen LogP contribution in [0.5, 0.6) is 0 Å². The van der Waals surface area contributed by atoms with Gasteiger partial charge in [0.15, 0.2) is 5.84 Å². The van der Waals surface area contributed by atoms with Crippen LogP contribution in [0.4, 0.5) is 23.4 Å².